The molecule has 0 spiro atoms. The van der Waals surface area contributed by atoms with E-state index >= 15 is 0 Å². The SMILES string of the molecule is CN(CCc1cccc2ccccc12)C(=O)NCCCc1ncn[nH]1. The first kappa shape index (κ1) is 17.0. The summed E-state index contributed by atoms with van der Waals surface area (Å²) in [6.45, 7) is 1.31. The quantitative estimate of drug-likeness (QED) is 0.651. The van der Waals surface area contributed by atoms with E-state index in [1.54, 1.807) is 4.90 Å². The summed E-state index contributed by atoms with van der Waals surface area (Å²) in [5.41, 5.74) is 1.27. The third kappa shape index (κ3) is 4.56. The second-order valence-electron chi connectivity index (χ2n) is 6.08. The normalized spacial score (nSPS) is 10.8. The van der Waals surface area contributed by atoms with Gasteiger partial charge < -0.3 is 10.2 Å². The van der Waals surface area contributed by atoms with Gasteiger partial charge in [-0.25, -0.2) is 9.78 Å². The summed E-state index contributed by atoms with van der Waals surface area (Å²) >= 11 is 0. The van der Waals surface area contributed by atoms with Crippen LogP contribution in [-0.2, 0) is 12.8 Å². The Labute approximate surface area is 147 Å². The van der Waals surface area contributed by atoms with Crippen molar-refractivity contribution in [1.82, 2.24) is 25.4 Å². The van der Waals surface area contributed by atoms with Crippen molar-refractivity contribution in [3.8, 4) is 0 Å². The number of urea groups is 1. The summed E-state index contributed by atoms with van der Waals surface area (Å²) in [7, 11) is 1.83. The molecule has 2 aromatic carbocycles. The van der Waals surface area contributed by atoms with Gasteiger partial charge in [-0.15, -0.1) is 0 Å². The number of benzene rings is 2. The van der Waals surface area contributed by atoms with Crippen molar-refractivity contribution >= 4 is 16.8 Å². The van der Waals surface area contributed by atoms with E-state index in [1.165, 1.54) is 22.7 Å². The third-order valence-electron chi connectivity index (χ3n) is 4.27. The molecule has 0 aliphatic heterocycles. The minimum absolute atomic E-state index is 0.0437. The van der Waals surface area contributed by atoms with Crippen LogP contribution in [-0.4, -0.2) is 46.2 Å². The molecule has 0 saturated heterocycles. The number of aromatic nitrogens is 3. The van der Waals surface area contributed by atoms with Crippen molar-refractivity contribution in [2.45, 2.75) is 19.3 Å². The molecule has 1 aromatic heterocycles. The molecule has 0 aliphatic carbocycles. The van der Waals surface area contributed by atoms with E-state index in [4.69, 9.17) is 0 Å². The molecule has 6 heteroatoms. The molecule has 2 amide bonds. The number of carbonyl (C=O) groups is 1. The third-order valence-corrected chi connectivity index (χ3v) is 4.27. The molecule has 6 nitrogen and oxygen atoms in total. The molecule has 0 bridgehead atoms. The molecule has 0 fully saturated rings. The molecule has 0 atom stereocenters. The number of aryl methyl sites for hydroxylation is 1. The van der Waals surface area contributed by atoms with Gasteiger partial charge in [0.2, 0.25) is 0 Å². The van der Waals surface area contributed by atoms with Gasteiger partial charge in [-0.3, -0.25) is 5.10 Å². The summed E-state index contributed by atoms with van der Waals surface area (Å²) in [4.78, 5) is 18.0. The zero-order valence-corrected chi connectivity index (χ0v) is 14.4. The van der Waals surface area contributed by atoms with Crippen LogP contribution >= 0.6 is 0 Å². The second-order valence-corrected chi connectivity index (χ2v) is 6.08. The van der Waals surface area contributed by atoms with Gasteiger partial charge in [-0.1, -0.05) is 42.5 Å². The molecule has 25 heavy (non-hydrogen) atoms. The fourth-order valence-corrected chi connectivity index (χ4v) is 2.84. The molecule has 3 aromatic rings. The van der Waals surface area contributed by atoms with Crippen LogP contribution in [0.3, 0.4) is 0 Å². The summed E-state index contributed by atoms with van der Waals surface area (Å²) in [5, 5.41) is 12.1. The Balaban J connectivity index is 1.45. The maximum Gasteiger partial charge on any atom is 0.317 e. The smallest absolute Gasteiger partial charge is 0.317 e. The van der Waals surface area contributed by atoms with Gasteiger partial charge in [0.25, 0.3) is 0 Å². The van der Waals surface area contributed by atoms with Gasteiger partial charge >= 0.3 is 6.03 Å². The van der Waals surface area contributed by atoms with Crippen LogP contribution in [0.1, 0.15) is 17.8 Å². The van der Waals surface area contributed by atoms with Crippen LogP contribution in [0.4, 0.5) is 4.79 Å². The first-order valence-electron chi connectivity index (χ1n) is 8.54. The van der Waals surface area contributed by atoms with Crippen LogP contribution in [0.5, 0.6) is 0 Å². The van der Waals surface area contributed by atoms with Gasteiger partial charge in [0, 0.05) is 26.6 Å². The number of aromatic amines is 1. The predicted molar refractivity (Wildman–Crippen MR) is 98.4 cm³/mol. The number of likely N-dealkylation sites (N-methyl/N-ethyl adjacent to an activating group) is 1. The highest BCUT2D eigenvalue weighted by Gasteiger charge is 2.09. The summed E-state index contributed by atoms with van der Waals surface area (Å²) < 4.78 is 0. The highest BCUT2D eigenvalue weighted by atomic mass is 16.2. The maximum absolute atomic E-state index is 12.2. The Morgan fingerprint density at radius 3 is 2.84 bits per heavy atom. The van der Waals surface area contributed by atoms with Gasteiger partial charge in [0.05, 0.1) is 0 Å². The molecular formula is C19H23N5O. The fraction of sp³-hybridized carbons (Fsp3) is 0.316. The Morgan fingerprint density at radius 2 is 2.00 bits per heavy atom. The number of nitrogens with zero attached hydrogens (tertiary/aromatic N) is 3. The van der Waals surface area contributed by atoms with Crippen molar-refractivity contribution in [3.05, 3.63) is 60.2 Å². The molecule has 0 unspecified atom stereocenters. The molecule has 0 saturated carbocycles. The summed E-state index contributed by atoms with van der Waals surface area (Å²) in [6, 6.07) is 14.6. The van der Waals surface area contributed by atoms with Crippen LogP contribution in [0.25, 0.3) is 10.8 Å². The van der Waals surface area contributed by atoms with Crippen molar-refractivity contribution in [1.29, 1.82) is 0 Å². The number of nitrogens with one attached hydrogen (secondary N) is 2. The van der Waals surface area contributed by atoms with Gasteiger partial charge in [-0.2, -0.15) is 5.10 Å². The number of amides is 2. The lowest BCUT2D eigenvalue weighted by molar-refractivity contribution is 0.209. The van der Waals surface area contributed by atoms with Crippen molar-refractivity contribution in [3.63, 3.8) is 0 Å². The van der Waals surface area contributed by atoms with Crippen molar-refractivity contribution in [2.75, 3.05) is 20.1 Å². The lowest BCUT2D eigenvalue weighted by Gasteiger charge is -2.18. The fourth-order valence-electron chi connectivity index (χ4n) is 2.84. The topological polar surface area (TPSA) is 73.9 Å². The molecular weight excluding hydrogens is 314 g/mol. The minimum atomic E-state index is -0.0437. The van der Waals surface area contributed by atoms with Crippen LogP contribution in [0.2, 0.25) is 0 Å². The maximum atomic E-state index is 12.2. The molecule has 3 rings (SSSR count). The number of hydrogen-bond acceptors (Lipinski definition) is 3. The number of rotatable bonds is 7. The van der Waals surface area contributed by atoms with Crippen molar-refractivity contribution < 1.29 is 4.79 Å². The second kappa shape index (κ2) is 8.28. The average Bonchev–Trinajstić information content (AvgIpc) is 3.16. The van der Waals surface area contributed by atoms with Gasteiger partial charge in [0.15, 0.2) is 0 Å². The zero-order chi connectivity index (χ0) is 17.5. The monoisotopic (exact) mass is 337 g/mol. The van der Waals surface area contributed by atoms with E-state index in [0.717, 1.165) is 25.1 Å². The van der Waals surface area contributed by atoms with E-state index in [-0.39, 0.29) is 6.03 Å². The number of fused-ring (bicyclic) bond motifs is 1. The Bertz CT molecular complexity index is 810. The Hall–Kier alpha value is -2.89. The lowest BCUT2D eigenvalue weighted by Crippen LogP contribution is -2.38. The Kier molecular flexibility index (Phi) is 5.61. The predicted octanol–water partition coefficient (Wildman–Crippen LogP) is 2.77. The minimum Gasteiger partial charge on any atom is -0.338 e. The summed E-state index contributed by atoms with van der Waals surface area (Å²) in [5.74, 6) is 0.846. The molecule has 0 radical (unpaired) electrons. The number of hydrogen-bond donors (Lipinski definition) is 2. The first-order chi connectivity index (χ1) is 12.2. The highest BCUT2D eigenvalue weighted by Crippen LogP contribution is 2.18. The van der Waals surface area contributed by atoms with Crippen LogP contribution in [0, 0.1) is 0 Å². The molecule has 1 heterocycles. The number of H-pyrrole nitrogens is 1. The number of carbonyl (C=O) groups excluding carboxylic acids is 1. The average molecular weight is 337 g/mol. The van der Waals surface area contributed by atoms with E-state index in [9.17, 15) is 4.79 Å². The summed E-state index contributed by atoms with van der Waals surface area (Å²) in [6.07, 6.45) is 3.94. The van der Waals surface area contributed by atoms with E-state index in [2.05, 4.69) is 56.9 Å². The Morgan fingerprint density at radius 1 is 1.16 bits per heavy atom. The molecule has 2 N–H and O–H groups in total. The highest BCUT2D eigenvalue weighted by molar-refractivity contribution is 5.85. The van der Waals surface area contributed by atoms with Gasteiger partial charge in [0.1, 0.15) is 12.2 Å². The standard InChI is InChI=1S/C19H23N5O/c1-24(19(25)20-12-5-10-18-21-14-22-23-18)13-11-16-8-4-7-15-6-2-3-9-17(15)16/h2-4,6-9,14H,5,10-13H2,1H3,(H,20,25)(H,21,22,23). The zero-order valence-electron chi connectivity index (χ0n) is 14.4. The first-order valence-corrected chi connectivity index (χ1v) is 8.54. The van der Waals surface area contributed by atoms with E-state index in [0.29, 0.717) is 13.1 Å². The van der Waals surface area contributed by atoms with Crippen molar-refractivity contribution in [2.24, 2.45) is 0 Å². The van der Waals surface area contributed by atoms with E-state index in [1.807, 2.05) is 13.1 Å². The van der Waals surface area contributed by atoms with Gasteiger partial charge in [-0.05, 0) is 29.2 Å². The van der Waals surface area contributed by atoms with E-state index < -0.39 is 0 Å². The lowest BCUT2D eigenvalue weighted by atomic mass is 10.0. The molecule has 130 valence electrons. The molecule has 0 aliphatic rings. The largest absolute Gasteiger partial charge is 0.338 e. The van der Waals surface area contributed by atoms with Crippen LogP contribution < -0.4 is 5.32 Å². The van der Waals surface area contributed by atoms with Crippen LogP contribution in [0.15, 0.2) is 48.8 Å².